The van der Waals surface area contributed by atoms with Gasteiger partial charge in [0, 0.05) is 79.4 Å². The van der Waals surface area contributed by atoms with Crippen molar-refractivity contribution in [3.8, 4) is 46.0 Å². The van der Waals surface area contributed by atoms with E-state index in [0.717, 1.165) is 5.56 Å². The average Bonchev–Trinajstić information content (AvgIpc) is 3.07. The fourth-order valence-electron chi connectivity index (χ4n) is 5.88. The quantitative estimate of drug-likeness (QED) is 0.145. The zero-order valence-corrected chi connectivity index (χ0v) is 34.2. The van der Waals surface area contributed by atoms with Crippen LogP contribution >= 0.6 is 46.4 Å². The largest absolute Gasteiger partial charge is 0.452 e. The number of ether oxygens (including phenoxy) is 6. The van der Waals surface area contributed by atoms with Crippen LogP contribution in [0.5, 0.6) is 46.0 Å². The number of hydrogen-bond acceptors (Lipinski definition) is 10. The van der Waals surface area contributed by atoms with E-state index in [0.29, 0.717) is 37.9 Å². The lowest BCUT2D eigenvalue weighted by molar-refractivity contribution is -0.132. The summed E-state index contributed by atoms with van der Waals surface area (Å²) < 4.78 is 34.9. The van der Waals surface area contributed by atoms with Crippen LogP contribution in [0.1, 0.15) is 61.1 Å². The Kier molecular flexibility index (Phi) is 13.8. The molecule has 0 fully saturated rings. The van der Waals surface area contributed by atoms with E-state index < -0.39 is 23.9 Å². The molecular formula is C42H36Cl4O10. The standard InChI is InChI=1S/C42H36Cl4O10/c1-21-11-30-16-32(44)10-8-29-17-37(33(45)19-35(29)51-23(3)47)55-41-22(2)13-27(15-40(41)54-26(6)50)14-31(43)9-7-28-18-38(34(46)20-36(28)52-24(4)48)56-42(30)39(12-21)53-25(5)49/h9-13,15,17-20H,7-8,14,16H2,1-6H3/b31-9+,32-10+. The number of aryl methyl sites for hydroxylation is 2. The van der Waals surface area contributed by atoms with Gasteiger partial charge in [-0.05, 0) is 67.6 Å². The minimum atomic E-state index is -0.582. The van der Waals surface area contributed by atoms with E-state index in [2.05, 4.69) is 0 Å². The summed E-state index contributed by atoms with van der Waals surface area (Å²) in [5.74, 6) is -0.933. The molecule has 0 aromatic heterocycles. The van der Waals surface area contributed by atoms with E-state index in [1.807, 2.05) is 19.1 Å². The summed E-state index contributed by atoms with van der Waals surface area (Å²) >= 11 is 27.1. The number of halogens is 4. The van der Waals surface area contributed by atoms with E-state index in [1.165, 1.54) is 39.8 Å². The maximum atomic E-state index is 12.2. The SMILES string of the molecule is CC(=O)Oc1cc(Cl)c2cc1C/C=C(/Cl)Cc1cc(C)cc(OC(C)=O)c1Oc1cc(c(OC(C)=O)cc1Cl)C/C=C(/Cl)Cc1cc(C)c(c(OC(C)=O)c1)O2. The number of rotatable bonds is 4. The molecule has 292 valence electrons. The highest BCUT2D eigenvalue weighted by Crippen LogP contribution is 2.44. The second kappa shape index (κ2) is 18.3. The molecule has 0 amide bonds. The Bertz CT molecular complexity index is 2310. The lowest BCUT2D eigenvalue weighted by atomic mass is 10.0. The molecule has 0 radical (unpaired) electrons. The molecule has 14 heteroatoms. The van der Waals surface area contributed by atoms with Crippen molar-refractivity contribution in [3.63, 3.8) is 0 Å². The first-order valence-electron chi connectivity index (χ1n) is 17.2. The molecule has 4 aromatic carbocycles. The van der Waals surface area contributed by atoms with Crippen molar-refractivity contribution >= 4 is 70.3 Å². The van der Waals surface area contributed by atoms with Gasteiger partial charge in [0.1, 0.15) is 23.0 Å². The third kappa shape index (κ3) is 11.1. The summed E-state index contributed by atoms with van der Waals surface area (Å²) in [4.78, 5) is 48.7. The Morgan fingerprint density at radius 1 is 0.518 bits per heavy atom. The van der Waals surface area contributed by atoms with Crippen LogP contribution in [0.2, 0.25) is 10.0 Å². The maximum Gasteiger partial charge on any atom is 0.308 e. The van der Waals surface area contributed by atoms with Crippen molar-refractivity contribution in [1.82, 2.24) is 0 Å². The normalized spacial score (nSPS) is 14.8. The topological polar surface area (TPSA) is 124 Å². The number of benzene rings is 4. The molecule has 56 heavy (non-hydrogen) atoms. The number of esters is 4. The molecule has 0 N–H and O–H groups in total. The number of carbonyl (C=O) groups is 4. The predicted octanol–water partition coefficient (Wildman–Crippen LogP) is 11.0. The van der Waals surface area contributed by atoms with Gasteiger partial charge in [-0.3, -0.25) is 19.2 Å². The van der Waals surface area contributed by atoms with E-state index in [-0.39, 0.29) is 81.7 Å². The third-order valence-corrected chi connectivity index (χ3v) is 9.23. The molecule has 0 atom stereocenters. The fraction of sp³-hybridized carbons (Fsp3) is 0.238. The molecule has 2 heterocycles. The van der Waals surface area contributed by atoms with E-state index in [4.69, 9.17) is 74.8 Å². The average molecular weight is 843 g/mol. The first-order valence-corrected chi connectivity index (χ1v) is 18.7. The van der Waals surface area contributed by atoms with Gasteiger partial charge in [-0.25, -0.2) is 0 Å². The first-order chi connectivity index (χ1) is 26.4. The Morgan fingerprint density at radius 2 is 0.964 bits per heavy atom. The van der Waals surface area contributed by atoms with Gasteiger partial charge in [-0.15, -0.1) is 0 Å². The fourth-order valence-corrected chi connectivity index (χ4v) is 6.72. The van der Waals surface area contributed by atoms with Crippen LogP contribution in [-0.4, -0.2) is 23.9 Å². The van der Waals surface area contributed by atoms with Crippen LogP contribution in [0.3, 0.4) is 0 Å². The lowest BCUT2D eigenvalue weighted by Gasteiger charge is -2.19. The van der Waals surface area contributed by atoms with Crippen LogP contribution in [0, 0.1) is 13.8 Å². The van der Waals surface area contributed by atoms with Crippen LogP contribution in [0.4, 0.5) is 0 Å². The highest BCUT2D eigenvalue weighted by molar-refractivity contribution is 6.32. The van der Waals surface area contributed by atoms with Gasteiger partial charge >= 0.3 is 23.9 Å². The summed E-state index contributed by atoms with van der Waals surface area (Å²) in [6.07, 6.45) is 4.12. The molecule has 0 unspecified atom stereocenters. The van der Waals surface area contributed by atoms with E-state index >= 15 is 0 Å². The van der Waals surface area contributed by atoms with Gasteiger partial charge in [0.2, 0.25) is 0 Å². The van der Waals surface area contributed by atoms with Gasteiger partial charge in [-0.1, -0.05) is 70.7 Å². The van der Waals surface area contributed by atoms with Crippen LogP contribution in [-0.2, 0) is 44.9 Å². The zero-order valence-electron chi connectivity index (χ0n) is 31.2. The van der Waals surface area contributed by atoms with E-state index in [1.54, 1.807) is 43.3 Å². The Labute approximate surface area is 343 Å². The lowest BCUT2D eigenvalue weighted by Crippen LogP contribution is -2.07. The van der Waals surface area contributed by atoms with Crippen molar-refractivity contribution < 1.29 is 47.6 Å². The van der Waals surface area contributed by atoms with Gasteiger partial charge in [0.25, 0.3) is 0 Å². The number of hydrogen-bond donors (Lipinski definition) is 0. The van der Waals surface area contributed by atoms with Crippen molar-refractivity contribution in [2.45, 2.75) is 67.2 Å². The monoisotopic (exact) mass is 840 g/mol. The minimum absolute atomic E-state index is 0.101. The molecule has 0 spiro atoms. The second-order valence-corrected chi connectivity index (χ2v) is 14.7. The molecule has 2 aliphatic rings. The third-order valence-electron chi connectivity index (χ3n) is 8.06. The van der Waals surface area contributed by atoms with Gasteiger partial charge in [-0.2, -0.15) is 0 Å². The molecule has 6 bridgehead atoms. The summed E-state index contributed by atoms with van der Waals surface area (Å²) in [5.41, 5.74) is 3.59. The minimum Gasteiger partial charge on any atom is -0.452 e. The molecule has 0 aliphatic carbocycles. The van der Waals surface area contributed by atoms with Gasteiger partial charge in [0.15, 0.2) is 23.0 Å². The second-order valence-electron chi connectivity index (χ2n) is 12.9. The molecular weight excluding hydrogens is 806 g/mol. The summed E-state index contributed by atoms with van der Waals surface area (Å²) in [6.45, 7) is 8.67. The molecule has 0 saturated carbocycles. The number of fused-ring (bicyclic) bond motifs is 6. The van der Waals surface area contributed by atoms with Crippen molar-refractivity contribution in [1.29, 1.82) is 0 Å². The van der Waals surface area contributed by atoms with Crippen molar-refractivity contribution in [2.24, 2.45) is 0 Å². The molecule has 10 nitrogen and oxygen atoms in total. The summed E-state index contributed by atoms with van der Waals surface area (Å²) in [5, 5.41) is 0.979. The number of carbonyl (C=O) groups excluding carboxylic acids is 4. The smallest absolute Gasteiger partial charge is 0.308 e. The summed E-state index contributed by atoms with van der Waals surface area (Å²) in [6, 6.07) is 13.1. The highest BCUT2D eigenvalue weighted by Gasteiger charge is 2.22. The van der Waals surface area contributed by atoms with Crippen LogP contribution in [0.15, 0.2) is 70.7 Å². The van der Waals surface area contributed by atoms with Crippen molar-refractivity contribution in [2.75, 3.05) is 0 Å². The Hall–Kier alpha value is -5.00. The Morgan fingerprint density at radius 3 is 1.46 bits per heavy atom. The van der Waals surface area contributed by atoms with Gasteiger partial charge in [0.05, 0.1) is 10.0 Å². The predicted molar refractivity (Wildman–Crippen MR) is 213 cm³/mol. The zero-order chi connectivity index (χ0) is 40.8. The maximum absolute atomic E-state index is 12.2. The molecule has 2 aliphatic heterocycles. The summed E-state index contributed by atoms with van der Waals surface area (Å²) in [7, 11) is 0. The highest BCUT2D eigenvalue weighted by atomic mass is 35.5. The molecule has 4 aromatic rings. The number of allylic oxidation sites excluding steroid dienone is 4. The Balaban J connectivity index is 1.73. The molecule has 6 rings (SSSR count). The van der Waals surface area contributed by atoms with Crippen LogP contribution in [0.25, 0.3) is 0 Å². The first kappa shape index (κ1) is 42.1. The van der Waals surface area contributed by atoms with E-state index in [9.17, 15) is 19.2 Å². The van der Waals surface area contributed by atoms with Crippen molar-refractivity contribution in [3.05, 3.63) is 114 Å². The van der Waals surface area contributed by atoms with Gasteiger partial charge < -0.3 is 28.4 Å². The van der Waals surface area contributed by atoms with Crippen LogP contribution < -0.4 is 28.4 Å². The molecule has 0 saturated heterocycles.